The minimum atomic E-state index is -0.153. The second-order valence-electron chi connectivity index (χ2n) is 4.14. The van der Waals surface area contributed by atoms with E-state index in [1.54, 1.807) is 12.1 Å². The van der Waals surface area contributed by atoms with Crippen molar-refractivity contribution in [3.05, 3.63) is 45.8 Å². The van der Waals surface area contributed by atoms with Crippen LogP contribution in [0.3, 0.4) is 0 Å². The third-order valence-electron chi connectivity index (χ3n) is 2.87. The number of aryl methyl sites for hydroxylation is 2. The Morgan fingerprint density at radius 3 is 2.56 bits per heavy atom. The van der Waals surface area contributed by atoms with Gasteiger partial charge >= 0.3 is 0 Å². The number of hydrogen-bond acceptors (Lipinski definition) is 2. The minimum absolute atomic E-state index is 0.153. The minimum Gasteiger partial charge on any atom is -0.344 e. The molecule has 1 amide bonds. The van der Waals surface area contributed by atoms with Gasteiger partial charge in [0.05, 0.1) is 5.69 Å². The number of aromatic nitrogens is 2. The third-order valence-corrected chi connectivity index (χ3v) is 3.71. The van der Waals surface area contributed by atoms with E-state index in [1.165, 1.54) is 0 Å². The van der Waals surface area contributed by atoms with Crippen LogP contribution in [0, 0.1) is 13.8 Å². The van der Waals surface area contributed by atoms with Crippen LogP contribution in [0.25, 0.3) is 0 Å². The van der Waals surface area contributed by atoms with Gasteiger partial charge in [0.25, 0.3) is 5.91 Å². The first-order valence-corrected chi connectivity index (χ1v) is 6.35. The number of rotatable bonds is 2. The number of nitrogens with zero attached hydrogens (tertiary/aromatic N) is 2. The molecule has 0 atom stereocenters. The highest BCUT2D eigenvalue weighted by atomic mass is 79.9. The van der Waals surface area contributed by atoms with Gasteiger partial charge in [-0.15, -0.1) is 0 Å². The summed E-state index contributed by atoms with van der Waals surface area (Å²) < 4.78 is 2.77. The summed E-state index contributed by atoms with van der Waals surface area (Å²) in [7, 11) is 1.87. The van der Waals surface area contributed by atoms with Crippen LogP contribution in [0.5, 0.6) is 0 Å². The van der Waals surface area contributed by atoms with Crippen molar-refractivity contribution in [1.82, 2.24) is 9.55 Å². The normalized spacial score (nSPS) is 10.4. The highest BCUT2D eigenvalue weighted by Crippen LogP contribution is 2.17. The average molecular weight is 308 g/mol. The molecule has 5 heteroatoms. The number of pyridine rings is 1. The molecule has 0 saturated heterocycles. The fourth-order valence-electron chi connectivity index (χ4n) is 1.64. The lowest BCUT2D eigenvalue weighted by atomic mass is 10.3. The van der Waals surface area contributed by atoms with Crippen molar-refractivity contribution in [2.75, 3.05) is 5.32 Å². The Hall–Kier alpha value is -1.62. The van der Waals surface area contributed by atoms with E-state index in [1.807, 2.05) is 37.6 Å². The quantitative estimate of drug-likeness (QED) is 0.927. The lowest BCUT2D eigenvalue weighted by molar-refractivity contribution is 0.101. The summed E-state index contributed by atoms with van der Waals surface area (Å²) in [6.07, 6.45) is 0. The zero-order chi connectivity index (χ0) is 13.3. The molecule has 0 aliphatic carbocycles. The summed E-state index contributed by atoms with van der Waals surface area (Å²) in [5.74, 6) is 0.402. The average Bonchev–Trinajstić information content (AvgIpc) is 2.65. The van der Waals surface area contributed by atoms with Gasteiger partial charge in [-0.05, 0) is 54.0 Å². The molecule has 2 aromatic heterocycles. The highest BCUT2D eigenvalue weighted by molar-refractivity contribution is 9.10. The molecule has 0 aliphatic rings. The molecule has 0 unspecified atom stereocenters. The number of amides is 1. The first kappa shape index (κ1) is 12.8. The van der Waals surface area contributed by atoms with Crippen LogP contribution < -0.4 is 5.32 Å². The number of carbonyl (C=O) groups is 1. The van der Waals surface area contributed by atoms with Gasteiger partial charge in [-0.1, -0.05) is 0 Å². The topological polar surface area (TPSA) is 46.9 Å². The molecule has 18 heavy (non-hydrogen) atoms. The van der Waals surface area contributed by atoms with Gasteiger partial charge in [-0.3, -0.25) is 4.79 Å². The Bertz CT molecular complexity index is 604. The van der Waals surface area contributed by atoms with Crippen LogP contribution in [0.15, 0.2) is 28.7 Å². The van der Waals surface area contributed by atoms with Crippen molar-refractivity contribution in [2.24, 2.45) is 7.05 Å². The molecule has 1 N–H and O–H groups in total. The molecule has 0 aliphatic heterocycles. The van der Waals surface area contributed by atoms with Crippen molar-refractivity contribution in [2.45, 2.75) is 13.8 Å². The Kier molecular flexibility index (Phi) is 3.52. The number of hydrogen-bond donors (Lipinski definition) is 1. The van der Waals surface area contributed by atoms with Crippen LogP contribution >= 0.6 is 15.9 Å². The largest absolute Gasteiger partial charge is 0.344 e. The van der Waals surface area contributed by atoms with E-state index >= 15 is 0 Å². The van der Waals surface area contributed by atoms with E-state index in [4.69, 9.17) is 0 Å². The van der Waals surface area contributed by atoms with E-state index in [0.717, 1.165) is 15.9 Å². The van der Waals surface area contributed by atoms with Crippen molar-refractivity contribution in [3.63, 3.8) is 0 Å². The molecule has 4 nitrogen and oxygen atoms in total. The molecule has 0 saturated carbocycles. The summed E-state index contributed by atoms with van der Waals surface area (Å²) in [5, 5.41) is 2.79. The summed E-state index contributed by atoms with van der Waals surface area (Å²) in [6.45, 7) is 3.84. The smallest absolute Gasteiger partial charge is 0.273 e. The van der Waals surface area contributed by atoms with Gasteiger partial charge in [0, 0.05) is 17.2 Å². The first-order chi connectivity index (χ1) is 8.49. The molecule has 2 heterocycles. The van der Waals surface area contributed by atoms with Crippen molar-refractivity contribution < 1.29 is 4.79 Å². The Labute approximate surface area is 114 Å². The fraction of sp³-hybridized carbons (Fsp3) is 0.231. The number of nitrogens with one attached hydrogen (secondary N) is 1. The number of halogens is 1. The van der Waals surface area contributed by atoms with Gasteiger partial charge in [-0.25, -0.2) is 4.98 Å². The second kappa shape index (κ2) is 4.94. The van der Waals surface area contributed by atoms with Crippen molar-refractivity contribution >= 4 is 27.7 Å². The SMILES string of the molecule is Cc1nc(NC(=O)c2ccc(C)n2C)ccc1Br. The van der Waals surface area contributed by atoms with Crippen LogP contribution in [-0.2, 0) is 7.05 Å². The number of anilines is 1. The molecule has 0 aromatic carbocycles. The standard InChI is InChI=1S/C13H14BrN3O/c1-8-4-6-11(17(8)3)13(18)16-12-7-5-10(14)9(2)15-12/h4-7H,1-3H3,(H,15,16,18). The summed E-state index contributed by atoms with van der Waals surface area (Å²) in [4.78, 5) is 16.3. The third kappa shape index (κ3) is 2.46. The molecule has 0 spiro atoms. The maximum Gasteiger partial charge on any atom is 0.273 e. The van der Waals surface area contributed by atoms with Gasteiger partial charge in [0.15, 0.2) is 0 Å². The van der Waals surface area contributed by atoms with Gasteiger partial charge in [0.1, 0.15) is 11.5 Å². The van der Waals surface area contributed by atoms with E-state index in [2.05, 4.69) is 26.2 Å². The molecular weight excluding hydrogens is 294 g/mol. The predicted molar refractivity (Wildman–Crippen MR) is 74.8 cm³/mol. The maximum atomic E-state index is 12.1. The van der Waals surface area contributed by atoms with E-state index < -0.39 is 0 Å². The molecule has 94 valence electrons. The molecule has 0 radical (unpaired) electrons. The second-order valence-corrected chi connectivity index (χ2v) is 4.99. The van der Waals surface area contributed by atoms with Crippen LogP contribution in [0.2, 0.25) is 0 Å². The number of carbonyl (C=O) groups excluding carboxylic acids is 1. The zero-order valence-corrected chi connectivity index (χ0v) is 12.1. The molecule has 2 rings (SSSR count). The summed E-state index contributed by atoms with van der Waals surface area (Å²) >= 11 is 3.38. The van der Waals surface area contributed by atoms with E-state index in [-0.39, 0.29) is 5.91 Å². The van der Waals surface area contributed by atoms with Crippen LogP contribution in [-0.4, -0.2) is 15.5 Å². The predicted octanol–water partition coefficient (Wildman–Crippen LogP) is 3.05. The van der Waals surface area contributed by atoms with Gasteiger partial charge in [-0.2, -0.15) is 0 Å². The lowest BCUT2D eigenvalue weighted by Crippen LogP contribution is -2.16. The summed E-state index contributed by atoms with van der Waals surface area (Å²) in [6, 6.07) is 7.35. The van der Waals surface area contributed by atoms with Crippen molar-refractivity contribution in [1.29, 1.82) is 0 Å². The summed E-state index contributed by atoms with van der Waals surface area (Å²) in [5.41, 5.74) is 2.51. The van der Waals surface area contributed by atoms with E-state index in [9.17, 15) is 4.79 Å². The van der Waals surface area contributed by atoms with Crippen LogP contribution in [0.1, 0.15) is 21.9 Å². The maximum absolute atomic E-state index is 12.1. The fourth-order valence-corrected chi connectivity index (χ4v) is 1.86. The molecule has 0 bridgehead atoms. The molecule has 0 fully saturated rings. The Balaban J connectivity index is 2.21. The van der Waals surface area contributed by atoms with E-state index in [0.29, 0.717) is 11.5 Å². The van der Waals surface area contributed by atoms with Crippen molar-refractivity contribution in [3.8, 4) is 0 Å². The monoisotopic (exact) mass is 307 g/mol. The molecule has 2 aromatic rings. The van der Waals surface area contributed by atoms with Gasteiger partial charge < -0.3 is 9.88 Å². The van der Waals surface area contributed by atoms with Crippen LogP contribution in [0.4, 0.5) is 5.82 Å². The Morgan fingerprint density at radius 2 is 2.00 bits per heavy atom. The highest BCUT2D eigenvalue weighted by Gasteiger charge is 2.11. The molecular formula is C13H14BrN3O. The first-order valence-electron chi connectivity index (χ1n) is 5.56. The Morgan fingerprint density at radius 1 is 1.28 bits per heavy atom. The van der Waals surface area contributed by atoms with Gasteiger partial charge in [0.2, 0.25) is 0 Å². The lowest BCUT2D eigenvalue weighted by Gasteiger charge is -2.07. The zero-order valence-electron chi connectivity index (χ0n) is 10.5.